The molecule has 7 unspecified atom stereocenters. The maximum absolute atomic E-state index is 11.4. The summed E-state index contributed by atoms with van der Waals surface area (Å²) in [6, 6.07) is 0. The molecule has 3 saturated heterocycles. The molecule has 24 heavy (non-hydrogen) atoms. The highest BCUT2D eigenvalue weighted by atomic mass is 16.7. The van der Waals surface area contributed by atoms with Crippen LogP contribution in [0, 0.1) is 11.8 Å². The standard InChI is InChI=1S/C18H22O6/c1-9(2)6-7-17-12(20)13-18(23-13)8-11(21-10(3)19)16(4,5)22-15(18)14(17)24-17/h11-15,20H,1,8H2,2-5H3. The van der Waals surface area contributed by atoms with Gasteiger partial charge in [0.2, 0.25) is 0 Å². The second-order valence-corrected chi connectivity index (χ2v) is 7.74. The Morgan fingerprint density at radius 3 is 2.54 bits per heavy atom. The van der Waals surface area contributed by atoms with E-state index >= 15 is 0 Å². The van der Waals surface area contributed by atoms with Crippen molar-refractivity contribution in [1.29, 1.82) is 0 Å². The van der Waals surface area contributed by atoms with Gasteiger partial charge in [0.25, 0.3) is 0 Å². The Balaban J connectivity index is 1.63. The van der Waals surface area contributed by atoms with Gasteiger partial charge in [0.1, 0.15) is 41.7 Å². The minimum Gasteiger partial charge on any atom is -0.459 e. The third kappa shape index (κ3) is 2.02. The Kier molecular flexibility index (Phi) is 3.09. The molecule has 6 nitrogen and oxygen atoms in total. The molecule has 4 aliphatic rings. The molecular weight excluding hydrogens is 312 g/mol. The second-order valence-electron chi connectivity index (χ2n) is 7.74. The highest BCUT2D eigenvalue weighted by molar-refractivity contribution is 5.66. The normalized spacial score (nSPS) is 49.5. The molecule has 4 fully saturated rings. The fourth-order valence-electron chi connectivity index (χ4n) is 4.09. The second kappa shape index (κ2) is 4.61. The van der Waals surface area contributed by atoms with E-state index in [1.165, 1.54) is 6.92 Å². The van der Waals surface area contributed by atoms with Crippen LogP contribution >= 0.6 is 0 Å². The monoisotopic (exact) mass is 334 g/mol. The summed E-state index contributed by atoms with van der Waals surface area (Å²) in [7, 11) is 0. The van der Waals surface area contributed by atoms with Crippen molar-refractivity contribution in [2.24, 2.45) is 0 Å². The number of ether oxygens (including phenoxy) is 4. The first-order valence-corrected chi connectivity index (χ1v) is 8.20. The van der Waals surface area contributed by atoms with Crippen LogP contribution in [0.2, 0.25) is 0 Å². The van der Waals surface area contributed by atoms with Gasteiger partial charge in [0.05, 0.1) is 0 Å². The lowest BCUT2D eigenvalue weighted by Gasteiger charge is -2.46. The SMILES string of the molecule is C=C(C)C#CC12OC1C1OC(C)(C)C(OC(C)=O)CC13OC3C2O. The number of carbonyl (C=O) groups excluding carboxylic acids is 1. The Bertz CT molecular complexity index is 687. The number of epoxide rings is 2. The Morgan fingerprint density at radius 2 is 1.92 bits per heavy atom. The summed E-state index contributed by atoms with van der Waals surface area (Å²) >= 11 is 0. The fourth-order valence-corrected chi connectivity index (χ4v) is 4.09. The molecule has 130 valence electrons. The summed E-state index contributed by atoms with van der Waals surface area (Å²) in [5.41, 5.74) is -1.57. The maximum Gasteiger partial charge on any atom is 0.303 e. The van der Waals surface area contributed by atoms with Crippen LogP contribution in [0.5, 0.6) is 0 Å². The molecule has 0 aromatic carbocycles. The average molecular weight is 334 g/mol. The van der Waals surface area contributed by atoms with Crippen LogP contribution < -0.4 is 0 Å². The molecule has 7 atom stereocenters. The van der Waals surface area contributed by atoms with Crippen molar-refractivity contribution in [2.45, 2.75) is 81.4 Å². The van der Waals surface area contributed by atoms with Crippen molar-refractivity contribution in [2.75, 3.05) is 0 Å². The molecule has 1 aliphatic carbocycles. The lowest BCUT2D eigenvalue weighted by atomic mass is 9.72. The predicted octanol–water partition coefficient (Wildman–Crippen LogP) is 0.715. The van der Waals surface area contributed by atoms with Gasteiger partial charge in [-0.2, -0.15) is 0 Å². The summed E-state index contributed by atoms with van der Waals surface area (Å²) in [4.78, 5) is 11.4. The molecule has 0 bridgehead atoms. The third-order valence-corrected chi connectivity index (χ3v) is 5.43. The van der Waals surface area contributed by atoms with E-state index in [0.717, 1.165) is 0 Å². The number of aliphatic hydroxyl groups excluding tert-OH is 1. The van der Waals surface area contributed by atoms with Gasteiger partial charge in [-0.15, -0.1) is 0 Å². The van der Waals surface area contributed by atoms with E-state index in [1.807, 2.05) is 13.8 Å². The molecule has 3 aliphatic heterocycles. The maximum atomic E-state index is 11.4. The largest absolute Gasteiger partial charge is 0.459 e. The van der Waals surface area contributed by atoms with Gasteiger partial charge in [-0.05, 0) is 26.3 Å². The molecule has 4 rings (SSSR count). The van der Waals surface area contributed by atoms with Gasteiger partial charge in [-0.1, -0.05) is 18.4 Å². The van der Waals surface area contributed by atoms with Crippen molar-refractivity contribution in [3.05, 3.63) is 12.2 Å². The molecule has 0 amide bonds. The van der Waals surface area contributed by atoms with E-state index in [2.05, 4.69) is 18.4 Å². The topological polar surface area (TPSA) is 80.8 Å². The first kappa shape index (κ1) is 16.1. The number of allylic oxidation sites excluding steroid dienone is 1. The van der Waals surface area contributed by atoms with Gasteiger partial charge in [-0.3, -0.25) is 4.79 Å². The molecule has 0 aromatic heterocycles. The summed E-state index contributed by atoms with van der Waals surface area (Å²) in [6.45, 7) is 10.7. The van der Waals surface area contributed by atoms with Gasteiger partial charge in [-0.25, -0.2) is 0 Å². The molecule has 0 aromatic rings. The minimum absolute atomic E-state index is 0.341. The van der Waals surface area contributed by atoms with Crippen LogP contribution in [0.1, 0.15) is 34.1 Å². The first-order valence-electron chi connectivity index (χ1n) is 8.20. The summed E-state index contributed by atoms with van der Waals surface area (Å²) in [6.07, 6.45) is -1.92. The highest BCUT2D eigenvalue weighted by Crippen LogP contribution is 2.65. The van der Waals surface area contributed by atoms with E-state index in [4.69, 9.17) is 18.9 Å². The smallest absolute Gasteiger partial charge is 0.303 e. The van der Waals surface area contributed by atoms with Crippen molar-refractivity contribution < 1.29 is 28.8 Å². The molecule has 1 saturated carbocycles. The van der Waals surface area contributed by atoms with Crippen molar-refractivity contribution in [3.8, 4) is 11.8 Å². The number of esters is 1. The first-order chi connectivity index (χ1) is 11.1. The molecule has 6 heteroatoms. The average Bonchev–Trinajstić information content (AvgIpc) is 3.34. The van der Waals surface area contributed by atoms with Crippen LogP contribution in [0.15, 0.2) is 12.2 Å². The minimum atomic E-state index is -0.946. The number of carbonyl (C=O) groups is 1. The number of aliphatic hydroxyl groups is 1. The van der Waals surface area contributed by atoms with E-state index in [-0.39, 0.29) is 18.2 Å². The summed E-state index contributed by atoms with van der Waals surface area (Å²) in [5, 5.41) is 10.7. The van der Waals surface area contributed by atoms with Crippen LogP contribution in [-0.4, -0.2) is 58.4 Å². The zero-order valence-corrected chi connectivity index (χ0v) is 14.3. The van der Waals surface area contributed by atoms with E-state index in [0.29, 0.717) is 12.0 Å². The van der Waals surface area contributed by atoms with Crippen LogP contribution in [-0.2, 0) is 23.7 Å². The number of hydrogen-bond acceptors (Lipinski definition) is 6. The van der Waals surface area contributed by atoms with Gasteiger partial charge >= 0.3 is 5.97 Å². The Labute approximate surface area is 141 Å². The number of hydrogen-bond donors (Lipinski definition) is 1. The summed E-state index contributed by atoms with van der Waals surface area (Å²) < 4.78 is 23.4. The molecule has 1 spiro atoms. The van der Waals surface area contributed by atoms with Gasteiger partial charge in [0, 0.05) is 13.3 Å². The van der Waals surface area contributed by atoms with Crippen LogP contribution in [0.4, 0.5) is 0 Å². The van der Waals surface area contributed by atoms with Crippen molar-refractivity contribution in [1.82, 2.24) is 0 Å². The van der Waals surface area contributed by atoms with Crippen molar-refractivity contribution in [3.63, 3.8) is 0 Å². The molecular formula is C18H22O6. The molecule has 0 radical (unpaired) electrons. The zero-order chi connectivity index (χ0) is 17.5. The predicted molar refractivity (Wildman–Crippen MR) is 82.9 cm³/mol. The fraction of sp³-hybridized carbons (Fsp3) is 0.722. The van der Waals surface area contributed by atoms with E-state index in [1.54, 1.807) is 6.92 Å². The van der Waals surface area contributed by atoms with E-state index in [9.17, 15) is 9.90 Å². The van der Waals surface area contributed by atoms with E-state index < -0.39 is 35.1 Å². The lowest BCUT2D eigenvalue weighted by molar-refractivity contribution is -0.219. The van der Waals surface area contributed by atoms with Crippen LogP contribution in [0.25, 0.3) is 0 Å². The number of fused-ring (bicyclic) bond motifs is 2. The number of rotatable bonds is 1. The van der Waals surface area contributed by atoms with Crippen molar-refractivity contribution >= 4 is 5.97 Å². The van der Waals surface area contributed by atoms with Crippen LogP contribution in [0.3, 0.4) is 0 Å². The third-order valence-electron chi connectivity index (χ3n) is 5.43. The Hall–Kier alpha value is -1.39. The zero-order valence-electron chi connectivity index (χ0n) is 14.3. The highest BCUT2D eigenvalue weighted by Gasteiger charge is 2.86. The quantitative estimate of drug-likeness (QED) is 0.432. The Morgan fingerprint density at radius 1 is 1.21 bits per heavy atom. The lowest BCUT2D eigenvalue weighted by Crippen LogP contribution is -2.63. The van der Waals surface area contributed by atoms with Gasteiger partial charge < -0.3 is 24.1 Å². The molecule has 3 heterocycles. The summed E-state index contributed by atoms with van der Waals surface area (Å²) in [5.74, 6) is 5.56. The van der Waals surface area contributed by atoms with Gasteiger partial charge in [0.15, 0.2) is 5.60 Å². The molecule has 1 N–H and O–H groups in total.